The average molecular weight is 329 g/mol. The molecule has 2 rings (SSSR count). The Bertz CT molecular complexity index is 429. The number of likely N-dealkylation sites (N-methyl/N-ethyl adjacent to an activating group) is 1. The lowest BCUT2D eigenvalue weighted by molar-refractivity contribution is 0.0815. The van der Waals surface area contributed by atoms with Gasteiger partial charge in [0.25, 0.3) is 0 Å². The first-order valence-corrected chi connectivity index (χ1v) is 8.04. The normalized spacial score (nSPS) is 22.1. The van der Waals surface area contributed by atoms with Gasteiger partial charge < -0.3 is 0 Å². The van der Waals surface area contributed by atoms with Crippen LogP contribution in [0.5, 0.6) is 0 Å². The Morgan fingerprint density at radius 3 is 2.58 bits per heavy atom. The fourth-order valence-corrected chi connectivity index (χ4v) is 3.33. The second-order valence-electron chi connectivity index (χ2n) is 5.37. The number of nitrogens with zero attached hydrogens (tertiary/aromatic N) is 4. The molecule has 0 N–H and O–H groups in total. The molecule has 1 atom stereocenters. The SMILES string of the molecule is CCN1CCN(Cc2c(Br)c(C)nn2CC)CC1C. The van der Waals surface area contributed by atoms with Crippen LogP contribution in [0, 0.1) is 6.92 Å². The highest BCUT2D eigenvalue weighted by Gasteiger charge is 2.24. The van der Waals surface area contributed by atoms with Crippen molar-refractivity contribution >= 4 is 15.9 Å². The van der Waals surface area contributed by atoms with Gasteiger partial charge in [0.1, 0.15) is 0 Å². The molecule has 1 saturated heterocycles. The number of hydrogen-bond donors (Lipinski definition) is 0. The maximum Gasteiger partial charge on any atom is 0.0739 e. The van der Waals surface area contributed by atoms with Gasteiger partial charge in [-0.2, -0.15) is 5.10 Å². The molecule has 0 spiro atoms. The van der Waals surface area contributed by atoms with Crippen molar-refractivity contribution in [1.29, 1.82) is 0 Å². The van der Waals surface area contributed by atoms with Gasteiger partial charge in [0.15, 0.2) is 0 Å². The van der Waals surface area contributed by atoms with Gasteiger partial charge in [0.2, 0.25) is 0 Å². The first-order valence-electron chi connectivity index (χ1n) is 7.25. The number of aryl methyl sites for hydroxylation is 2. The van der Waals surface area contributed by atoms with E-state index in [1.54, 1.807) is 0 Å². The molecular formula is C14H25BrN4. The van der Waals surface area contributed by atoms with E-state index in [9.17, 15) is 0 Å². The van der Waals surface area contributed by atoms with Crippen molar-refractivity contribution in [1.82, 2.24) is 19.6 Å². The standard InChI is InChI=1S/C14H25BrN4/c1-5-18-8-7-17(9-11(18)3)10-13-14(15)12(4)16-19(13)6-2/h11H,5-10H2,1-4H3. The van der Waals surface area contributed by atoms with E-state index in [0.717, 1.165) is 38.4 Å². The predicted molar refractivity (Wildman–Crippen MR) is 82.3 cm³/mol. The molecule has 0 radical (unpaired) electrons. The molecule has 5 heteroatoms. The molecule has 0 saturated carbocycles. The predicted octanol–water partition coefficient (Wildman–Crippen LogP) is 2.50. The van der Waals surface area contributed by atoms with Crippen LogP contribution in [-0.2, 0) is 13.1 Å². The molecule has 19 heavy (non-hydrogen) atoms. The van der Waals surface area contributed by atoms with Crippen LogP contribution in [0.2, 0.25) is 0 Å². The monoisotopic (exact) mass is 328 g/mol. The molecule has 0 amide bonds. The molecule has 1 unspecified atom stereocenters. The van der Waals surface area contributed by atoms with Gasteiger partial charge in [-0.25, -0.2) is 0 Å². The molecule has 4 nitrogen and oxygen atoms in total. The molecule has 1 fully saturated rings. The van der Waals surface area contributed by atoms with Crippen LogP contribution in [0.4, 0.5) is 0 Å². The summed E-state index contributed by atoms with van der Waals surface area (Å²) in [4.78, 5) is 5.10. The maximum atomic E-state index is 4.58. The van der Waals surface area contributed by atoms with Gasteiger partial charge in [0, 0.05) is 38.8 Å². The van der Waals surface area contributed by atoms with Crippen LogP contribution >= 0.6 is 15.9 Å². The first-order chi connectivity index (χ1) is 9.06. The van der Waals surface area contributed by atoms with Crippen molar-refractivity contribution in [3.8, 4) is 0 Å². The van der Waals surface area contributed by atoms with E-state index >= 15 is 0 Å². The van der Waals surface area contributed by atoms with E-state index in [-0.39, 0.29) is 0 Å². The van der Waals surface area contributed by atoms with Crippen LogP contribution in [0.15, 0.2) is 4.47 Å². The fourth-order valence-electron chi connectivity index (χ4n) is 2.92. The molecule has 1 aliphatic rings. The summed E-state index contributed by atoms with van der Waals surface area (Å²) in [7, 11) is 0. The Labute approximate surface area is 124 Å². The highest BCUT2D eigenvalue weighted by molar-refractivity contribution is 9.10. The van der Waals surface area contributed by atoms with Crippen molar-refractivity contribution < 1.29 is 0 Å². The molecule has 1 aromatic heterocycles. The van der Waals surface area contributed by atoms with Gasteiger partial charge in [-0.1, -0.05) is 6.92 Å². The van der Waals surface area contributed by atoms with Crippen LogP contribution in [0.3, 0.4) is 0 Å². The molecule has 108 valence electrons. The minimum atomic E-state index is 0.650. The molecule has 0 aromatic carbocycles. The number of hydrogen-bond acceptors (Lipinski definition) is 3. The second kappa shape index (κ2) is 6.37. The summed E-state index contributed by atoms with van der Waals surface area (Å²) in [6.45, 7) is 15.4. The Hall–Kier alpha value is -0.390. The van der Waals surface area contributed by atoms with Gasteiger partial charge in [0.05, 0.1) is 15.9 Å². The Morgan fingerprint density at radius 2 is 2.00 bits per heavy atom. The van der Waals surface area contributed by atoms with Gasteiger partial charge in [-0.15, -0.1) is 0 Å². The lowest BCUT2D eigenvalue weighted by Crippen LogP contribution is -2.51. The Morgan fingerprint density at radius 1 is 1.26 bits per heavy atom. The number of rotatable bonds is 4. The summed E-state index contributed by atoms with van der Waals surface area (Å²) in [5, 5.41) is 4.58. The highest BCUT2D eigenvalue weighted by Crippen LogP contribution is 2.23. The quantitative estimate of drug-likeness (QED) is 0.848. The van der Waals surface area contributed by atoms with E-state index in [1.807, 2.05) is 0 Å². The van der Waals surface area contributed by atoms with Gasteiger partial charge in [-0.3, -0.25) is 14.5 Å². The van der Waals surface area contributed by atoms with Crippen molar-refractivity contribution in [2.24, 2.45) is 0 Å². The zero-order valence-electron chi connectivity index (χ0n) is 12.5. The second-order valence-corrected chi connectivity index (χ2v) is 6.17. The first kappa shape index (κ1) is 15.0. The minimum Gasteiger partial charge on any atom is -0.298 e. The van der Waals surface area contributed by atoms with Crippen LogP contribution in [0.1, 0.15) is 32.2 Å². The summed E-state index contributed by atoms with van der Waals surface area (Å²) < 4.78 is 3.30. The van der Waals surface area contributed by atoms with Crippen LogP contribution < -0.4 is 0 Å². The molecule has 1 aliphatic heterocycles. The number of halogens is 1. The van der Waals surface area contributed by atoms with E-state index in [0.29, 0.717) is 6.04 Å². The van der Waals surface area contributed by atoms with Crippen molar-refractivity contribution in [2.45, 2.75) is 46.8 Å². The lowest BCUT2D eigenvalue weighted by Gasteiger charge is -2.39. The van der Waals surface area contributed by atoms with Gasteiger partial charge in [-0.05, 0) is 43.2 Å². The minimum absolute atomic E-state index is 0.650. The number of aromatic nitrogens is 2. The molecule has 1 aromatic rings. The topological polar surface area (TPSA) is 24.3 Å². The highest BCUT2D eigenvalue weighted by atomic mass is 79.9. The summed E-state index contributed by atoms with van der Waals surface area (Å²) in [5.74, 6) is 0. The van der Waals surface area contributed by atoms with E-state index in [2.05, 4.69) is 63.2 Å². The summed E-state index contributed by atoms with van der Waals surface area (Å²) >= 11 is 3.69. The van der Waals surface area contributed by atoms with E-state index in [1.165, 1.54) is 16.7 Å². The Kier molecular flexibility index (Phi) is 5.03. The van der Waals surface area contributed by atoms with Crippen molar-refractivity contribution in [3.63, 3.8) is 0 Å². The molecule has 0 bridgehead atoms. The summed E-state index contributed by atoms with van der Waals surface area (Å²) in [5.41, 5.74) is 2.41. The van der Waals surface area contributed by atoms with Crippen molar-refractivity contribution in [2.75, 3.05) is 26.2 Å². The third-order valence-corrected chi connectivity index (χ3v) is 5.11. The maximum absolute atomic E-state index is 4.58. The Balaban J connectivity index is 2.06. The van der Waals surface area contributed by atoms with Gasteiger partial charge >= 0.3 is 0 Å². The summed E-state index contributed by atoms with van der Waals surface area (Å²) in [6.07, 6.45) is 0. The zero-order chi connectivity index (χ0) is 14.0. The largest absolute Gasteiger partial charge is 0.298 e. The summed E-state index contributed by atoms with van der Waals surface area (Å²) in [6, 6.07) is 0.650. The van der Waals surface area contributed by atoms with E-state index < -0.39 is 0 Å². The molecule has 0 aliphatic carbocycles. The van der Waals surface area contributed by atoms with Crippen molar-refractivity contribution in [3.05, 3.63) is 15.9 Å². The third-order valence-electron chi connectivity index (χ3n) is 4.08. The molecular weight excluding hydrogens is 304 g/mol. The average Bonchev–Trinajstić information content (AvgIpc) is 2.67. The lowest BCUT2D eigenvalue weighted by atomic mass is 10.2. The molecule has 2 heterocycles. The van der Waals surface area contributed by atoms with Crippen LogP contribution in [-0.4, -0.2) is 51.8 Å². The third kappa shape index (κ3) is 3.20. The number of piperazine rings is 1. The van der Waals surface area contributed by atoms with Crippen LogP contribution in [0.25, 0.3) is 0 Å². The zero-order valence-corrected chi connectivity index (χ0v) is 14.1. The smallest absolute Gasteiger partial charge is 0.0739 e. The fraction of sp³-hybridized carbons (Fsp3) is 0.786. The van der Waals surface area contributed by atoms with E-state index in [4.69, 9.17) is 0 Å².